The summed E-state index contributed by atoms with van der Waals surface area (Å²) in [6.07, 6.45) is 0. The van der Waals surface area contributed by atoms with E-state index in [4.69, 9.17) is 0 Å². The average Bonchev–Trinajstić information content (AvgIpc) is 2.57. The van der Waals surface area contributed by atoms with E-state index in [2.05, 4.69) is 10.4 Å². The summed E-state index contributed by atoms with van der Waals surface area (Å²) < 4.78 is 14.1. The van der Waals surface area contributed by atoms with Gasteiger partial charge in [-0.15, -0.1) is 0 Å². The zero-order valence-electron chi connectivity index (χ0n) is 13.6. The van der Waals surface area contributed by atoms with Gasteiger partial charge >= 0.3 is 0 Å². The number of carbonyl (C=O) groups is 1. The van der Waals surface area contributed by atoms with Crippen LogP contribution in [0.15, 0.2) is 65.5 Å². The van der Waals surface area contributed by atoms with Crippen LogP contribution in [0.1, 0.15) is 5.56 Å². The molecular weight excluding hydrogens is 321 g/mol. The minimum absolute atomic E-state index is 0.207. The van der Waals surface area contributed by atoms with Gasteiger partial charge in [-0.25, -0.2) is 9.07 Å². The third-order valence-electron chi connectivity index (χ3n) is 3.60. The second-order valence-corrected chi connectivity index (χ2v) is 5.64. The summed E-state index contributed by atoms with van der Waals surface area (Å²) in [4.78, 5) is 24.1. The predicted octanol–water partition coefficient (Wildman–Crippen LogP) is 3.00. The molecule has 1 amide bonds. The topological polar surface area (TPSA) is 64.0 Å². The van der Waals surface area contributed by atoms with Crippen molar-refractivity contribution in [2.24, 2.45) is 0 Å². The summed E-state index contributed by atoms with van der Waals surface area (Å²) in [6, 6.07) is 16.0. The molecule has 0 saturated heterocycles. The van der Waals surface area contributed by atoms with Crippen molar-refractivity contribution in [2.45, 2.75) is 13.5 Å². The van der Waals surface area contributed by atoms with Crippen molar-refractivity contribution in [3.05, 3.63) is 82.4 Å². The molecule has 6 heteroatoms. The van der Waals surface area contributed by atoms with Gasteiger partial charge in [-0.1, -0.05) is 12.1 Å². The number of nitrogens with zero attached hydrogens (tertiary/aromatic N) is 2. The number of aryl methyl sites for hydroxylation is 1. The van der Waals surface area contributed by atoms with Crippen LogP contribution in [0.25, 0.3) is 11.3 Å². The highest BCUT2D eigenvalue weighted by Gasteiger charge is 2.09. The quantitative estimate of drug-likeness (QED) is 0.796. The lowest BCUT2D eigenvalue weighted by Crippen LogP contribution is -2.29. The van der Waals surface area contributed by atoms with Crippen molar-refractivity contribution < 1.29 is 9.18 Å². The van der Waals surface area contributed by atoms with Gasteiger partial charge in [0.15, 0.2) is 0 Å². The molecule has 0 spiro atoms. The lowest BCUT2D eigenvalue weighted by Gasteiger charge is -2.09. The molecule has 0 fully saturated rings. The smallest absolute Gasteiger partial charge is 0.267 e. The van der Waals surface area contributed by atoms with Crippen molar-refractivity contribution in [2.75, 3.05) is 5.32 Å². The van der Waals surface area contributed by atoms with Crippen LogP contribution >= 0.6 is 0 Å². The van der Waals surface area contributed by atoms with E-state index < -0.39 is 0 Å². The molecule has 0 saturated carbocycles. The fourth-order valence-electron chi connectivity index (χ4n) is 2.40. The van der Waals surface area contributed by atoms with E-state index in [0.717, 1.165) is 10.2 Å². The molecule has 1 aromatic heterocycles. The zero-order valence-corrected chi connectivity index (χ0v) is 13.6. The molecule has 25 heavy (non-hydrogen) atoms. The summed E-state index contributed by atoms with van der Waals surface area (Å²) >= 11 is 0. The van der Waals surface area contributed by atoms with Crippen LogP contribution in [0, 0.1) is 12.7 Å². The molecule has 126 valence electrons. The summed E-state index contributed by atoms with van der Waals surface area (Å²) in [5.74, 6) is -0.703. The molecule has 1 heterocycles. The number of anilines is 1. The fraction of sp³-hybridized carbons (Fsp3) is 0.105. The Kier molecular flexibility index (Phi) is 4.70. The second-order valence-electron chi connectivity index (χ2n) is 5.64. The maximum atomic E-state index is 13.0. The first-order chi connectivity index (χ1) is 12.0. The van der Waals surface area contributed by atoms with Gasteiger partial charge in [0.2, 0.25) is 5.91 Å². The van der Waals surface area contributed by atoms with Gasteiger partial charge in [0, 0.05) is 17.3 Å². The number of aromatic nitrogens is 2. The van der Waals surface area contributed by atoms with Crippen molar-refractivity contribution in [1.82, 2.24) is 9.78 Å². The van der Waals surface area contributed by atoms with Crippen LogP contribution in [-0.4, -0.2) is 15.7 Å². The Hall–Kier alpha value is -3.28. The van der Waals surface area contributed by atoms with E-state index in [-0.39, 0.29) is 23.8 Å². The third kappa shape index (κ3) is 4.17. The van der Waals surface area contributed by atoms with Crippen LogP contribution in [0.5, 0.6) is 0 Å². The van der Waals surface area contributed by atoms with Gasteiger partial charge in [-0.3, -0.25) is 9.59 Å². The summed E-state index contributed by atoms with van der Waals surface area (Å²) in [7, 11) is 0. The molecule has 0 aliphatic heterocycles. The number of hydrogen-bond donors (Lipinski definition) is 1. The summed E-state index contributed by atoms with van der Waals surface area (Å²) in [6.45, 7) is 1.72. The van der Waals surface area contributed by atoms with Crippen LogP contribution < -0.4 is 10.9 Å². The van der Waals surface area contributed by atoms with Crippen LogP contribution in [-0.2, 0) is 11.3 Å². The number of nitrogens with one attached hydrogen (secondary N) is 1. The van der Waals surface area contributed by atoms with Gasteiger partial charge in [0.1, 0.15) is 12.4 Å². The van der Waals surface area contributed by atoms with E-state index in [1.807, 2.05) is 25.1 Å². The van der Waals surface area contributed by atoms with Gasteiger partial charge in [-0.05, 0) is 55.0 Å². The molecule has 1 N–H and O–H groups in total. The minimum atomic E-state index is -0.384. The Morgan fingerprint density at radius 1 is 1.12 bits per heavy atom. The fourth-order valence-corrected chi connectivity index (χ4v) is 2.40. The maximum absolute atomic E-state index is 13.0. The first-order valence-electron chi connectivity index (χ1n) is 7.72. The summed E-state index contributed by atoms with van der Waals surface area (Å²) in [5.41, 5.74) is 2.45. The normalized spacial score (nSPS) is 10.5. The first kappa shape index (κ1) is 16.6. The zero-order chi connectivity index (χ0) is 17.8. The van der Waals surface area contributed by atoms with Gasteiger partial charge in [0.05, 0.1) is 5.69 Å². The van der Waals surface area contributed by atoms with Crippen LogP contribution in [0.4, 0.5) is 10.1 Å². The Morgan fingerprint density at radius 3 is 2.60 bits per heavy atom. The Balaban J connectivity index is 1.80. The van der Waals surface area contributed by atoms with Crippen molar-refractivity contribution in [1.29, 1.82) is 0 Å². The maximum Gasteiger partial charge on any atom is 0.267 e. The minimum Gasteiger partial charge on any atom is -0.324 e. The molecule has 0 bridgehead atoms. The predicted molar refractivity (Wildman–Crippen MR) is 93.7 cm³/mol. The molecule has 0 atom stereocenters. The first-order valence-corrected chi connectivity index (χ1v) is 7.72. The van der Waals surface area contributed by atoms with Crippen molar-refractivity contribution >= 4 is 11.6 Å². The van der Waals surface area contributed by atoms with Gasteiger partial charge < -0.3 is 5.32 Å². The molecule has 0 aliphatic carbocycles. The number of carbonyl (C=O) groups excluding carboxylic acids is 1. The number of amides is 1. The largest absolute Gasteiger partial charge is 0.324 e. The molecule has 0 aliphatic rings. The lowest BCUT2D eigenvalue weighted by atomic mass is 10.1. The third-order valence-corrected chi connectivity index (χ3v) is 3.60. The Bertz CT molecular complexity index is 965. The number of benzene rings is 2. The highest BCUT2D eigenvalue weighted by atomic mass is 19.1. The molecule has 3 aromatic rings. The molecular formula is C19H16FN3O2. The molecule has 0 unspecified atom stereocenters. The van der Waals surface area contributed by atoms with Crippen molar-refractivity contribution in [3.8, 4) is 11.3 Å². The SMILES string of the molecule is Cc1cccc(NC(=O)Cn2nc(-c3ccc(F)cc3)ccc2=O)c1. The standard InChI is InChI=1S/C19H16FN3O2/c1-13-3-2-4-16(11-13)21-18(24)12-23-19(25)10-9-17(22-23)14-5-7-15(20)8-6-14/h2-11H,12H2,1H3,(H,21,24). The highest BCUT2D eigenvalue weighted by molar-refractivity contribution is 5.90. The molecule has 3 rings (SSSR count). The van der Waals surface area contributed by atoms with E-state index in [1.165, 1.54) is 18.2 Å². The Labute approximate surface area is 143 Å². The Morgan fingerprint density at radius 2 is 1.88 bits per heavy atom. The van der Waals surface area contributed by atoms with Crippen molar-refractivity contribution in [3.63, 3.8) is 0 Å². The summed E-state index contributed by atoms with van der Waals surface area (Å²) in [5, 5.41) is 6.93. The van der Waals surface area contributed by atoms with Gasteiger partial charge in [-0.2, -0.15) is 5.10 Å². The highest BCUT2D eigenvalue weighted by Crippen LogP contribution is 2.15. The second kappa shape index (κ2) is 7.09. The number of hydrogen-bond acceptors (Lipinski definition) is 3. The lowest BCUT2D eigenvalue weighted by molar-refractivity contribution is -0.117. The molecule has 0 radical (unpaired) electrons. The van der Waals surface area contributed by atoms with Gasteiger partial charge in [0.25, 0.3) is 5.56 Å². The van der Waals surface area contributed by atoms with E-state index in [0.29, 0.717) is 16.9 Å². The van der Waals surface area contributed by atoms with E-state index in [1.54, 1.807) is 24.3 Å². The number of halogens is 1. The van der Waals surface area contributed by atoms with Crippen LogP contribution in [0.2, 0.25) is 0 Å². The van der Waals surface area contributed by atoms with Crippen LogP contribution in [0.3, 0.4) is 0 Å². The van der Waals surface area contributed by atoms with E-state index >= 15 is 0 Å². The molecule has 2 aromatic carbocycles. The number of rotatable bonds is 4. The monoisotopic (exact) mass is 337 g/mol. The van der Waals surface area contributed by atoms with E-state index in [9.17, 15) is 14.0 Å². The molecule has 5 nitrogen and oxygen atoms in total. The average molecular weight is 337 g/mol.